The number of benzene rings is 4. The molecule has 0 aromatic heterocycles. The minimum absolute atomic E-state index is 0.0319. The van der Waals surface area contributed by atoms with E-state index >= 15 is 0 Å². The van der Waals surface area contributed by atoms with Crippen molar-refractivity contribution in [3.63, 3.8) is 0 Å². The summed E-state index contributed by atoms with van der Waals surface area (Å²) in [5.74, 6) is -9.07. The second-order valence-electron chi connectivity index (χ2n) is 23.7. The van der Waals surface area contributed by atoms with Crippen molar-refractivity contribution in [2.75, 3.05) is 40.1 Å². The van der Waals surface area contributed by atoms with E-state index in [4.69, 9.17) is 71.1 Å². The maximum atomic E-state index is 14.6. The number of carbonyl (C=O) groups excluding carboxylic acids is 5. The first-order chi connectivity index (χ1) is 48.2. The van der Waals surface area contributed by atoms with Crippen LogP contribution >= 0.6 is 0 Å². The second kappa shape index (κ2) is 34.7. The summed E-state index contributed by atoms with van der Waals surface area (Å²) >= 11 is 0. The van der Waals surface area contributed by atoms with E-state index in [1.807, 2.05) is 0 Å². The molecule has 0 bridgehead atoms. The summed E-state index contributed by atoms with van der Waals surface area (Å²) in [6.07, 6.45) is -40.4. The maximum absolute atomic E-state index is 14.6. The number of hydrogen-bond acceptors (Lipinski definition) is 34. The Morgan fingerprint density at radius 3 is 1.59 bits per heavy atom. The molecule has 4 aromatic carbocycles. The Kier molecular flexibility index (Phi) is 26.4. The Bertz CT molecular complexity index is 3500. The predicted octanol–water partition coefficient (Wildman–Crippen LogP) is -2.89. The molecule has 5 fully saturated rings. The van der Waals surface area contributed by atoms with E-state index in [1.54, 1.807) is 6.07 Å². The van der Waals surface area contributed by atoms with Crippen molar-refractivity contribution in [3.8, 4) is 23.0 Å². The third-order valence-electron chi connectivity index (χ3n) is 16.7. The number of phenolic OH excluding ortho intramolecular Hbond substituents is 2. The summed E-state index contributed by atoms with van der Waals surface area (Å²) in [6, 6.07) is 22.2. The van der Waals surface area contributed by atoms with Crippen LogP contribution in [0.2, 0.25) is 0 Å². The van der Waals surface area contributed by atoms with E-state index in [1.165, 1.54) is 117 Å². The first-order valence-corrected chi connectivity index (χ1v) is 31.4. The van der Waals surface area contributed by atoms with E-state index in [9.17, 15) is 95.5 Å². The molecule has 0 amide bonds. The molecule has 5 heterocycles. The molecule has 0 saturated carbocycles. The van der Waals surface area contributed by atoms with E-state index in [0.29, 0.717) is 11.1 Å². The monoisotopic (exact) mass is 1430 g/mol. The fraction of sp³-hybridized carbons (Fsp3) is 0.478. The Hall–Kier alpha value is -8.15. The smallest absolute Gasteiger partial charge is 0.338 e. The third kappa shape index (κ3) is 18.9. The number of aromatic hydroxyl groups is 2. The molecule has 24 atom stereocenters. The van der Waals surface area contributed by atoms with E-state index in [2.05, 4.69) is 0 Å². The molecule has 0 spiro atoms. The number of aliphatic hydroxyl groups excluding tert-OH is 12. The summed E-state index contributed by atoms with van der Waals surface area (Å²) in [6.45, 7) is -2.99. The highest BCUT2D eigenvalue weighted by molar-refractivity contribution is 5.90. The van der Waals surface area contributed by atoms with Crippen LogP contribution in [0.1, 0.15) is 40.9 Å². The van der Waals surface area contributed by atoms with Crippen LogP contribution in [0, 0.1) is 0 Å². The van der Waals surface area contributed by atoms with E-state index in [0.717, 1.165) is 31.2 Å². The molecule has 0 radical (unpaired) electrons. The van der Waals surface area contributed by atoms with Gasteiger partial charge in [-0.3, -0.25) is 4.79 Å². The normalized spacial score (nSPS) is 34.3. The molecule has 5 aliphatic heterocycles. The van der Waals surface area contributed by atoms with Crippen molar-refractivity contribution in [2.24, 2.45) is 0 Å². The van der Waals surface area contributed by atoms with Crippen molar-refractivity contribution >= 4 is 48.1 Å². The molecular formula is C67H78O34. The lowest BCUT2D eigenvalue weighted by atomic mass is 9.95. The number of esters is 5. The van der Waals surface area contributed by atoms with Crippen LogP contribution in [0.15, 0.2) is 115 Å². The average Bonchev–Trinajstić information content (AvgIpc) is 1.70. The molecule has 34 nitrogen and oxygen atoms in total. The Morgan fingerprint density at radius 2 is 1.00 bits per heavy atom. The molecule has 5 aliphatic rings. The largest absolute Gasteiger partial charge is 0.508 e. The molecule has 9 rings (SSSR count). The molecule has 550 valence electrons. The van der Waals surface area contributed by atoms with Gasteiger partial charge in [-0.1, -0.05) is 48.5 Å². The second-order valence-corrected chi connectivity index (χ2v) is 23.7. The number of rotatable bonds is 26. The number of ether oxygens (including phenoxy) is 15. The first kappa shape index (κ1) is 77.0. The predicted molar refractivity (Wildman–Crippen MR) is 334 cm³/mol. The zero-order valence-electron chi connectivity index (χ0n) is 53.9. The van der Waals surface area contributed by atoms with Crippen LogP contribution in [-0.2, 0) is 80.8 Å². The van der Waals surface area contributed by atoms with Gasteiger partial charge in [0.1, 0.15) is 129 Å². The van der Waals surface area contributed by atoms with Gasteiger partial charge in [-0.2, -0.15) is 0 Å². The van der Waals surface area contributed by atoms with Crippen molar-refractivity contribution < 1.29 is 167 Å². The van der Waals surface area contributed by atoms with Crippen molar-refractivity contribution in [1.29, 1.82) is 0 Å². The Balaban J connectivity index is 1.15. The maximum Gasteiger partial charge on any atom is 0.338 e. The first-order valence-electron chi connectivity index (χ1n) is 31.4. The van der Waals surface area contributed by atoms with Gasteiger partial charge >= 0.3 is 29.8 Å². The molecular weight excluding hydrogens is 1350 g/mol. The van der Waals surface area contributed by atoms with Crippen LogP contribution in [-0.4, -0.2) is 288 Å². The fourth-order valence-corrected chi connectivity index (χ4v) is 11.1. The van der Waals surface area contributed by atoms with Crippen molar-refractivity contribution in [2.45, 2.75) is 161 Å². The van der Waals surface area contributed by atoms with Crippen molar-refractivity contribution in [1.82, 2.24) is 0 Å². The van der Waals surface area contributed by atoms with Gasteiger partial charge in [-0.25, -0.2) is 19.2 Å². The van der Waals surface area contributed by atoms with Gasteiger partial charge in [0.2, 0.25) is 12.1 Å². The van der Waals surface area contributed by atoms with E-state index < -0.39 is 210 Å². The highest BCUT2D eigenvalue weighted by Crippen LogP contribution is 2.43. The van der Waals surface area contributed by atoms with Gasteiger partial charge in [0, 0.05) is 25.2 Å². The van der Waals surface area contributed by atoms with Crippen LogP contribution in [0.5, 0.6) is 23.0 Å². The zero-order chi connectivity index (χ0) is 73.0. The third-order valence-corrected chi connectivity index (χ3v) is 16.7. The minimum atomic E-state index is -3.00. The Morgan fingerprint density at radius 1 is 0.485 bits per heavy atom. The van der Waals surface area contributed by atoms with Gasteiger partial charge in [0.15, 0.2) is 42.6 Å². The number of phenols is 2. The summed E-state index contributed by atoms with van der Waals surface area (Å²) in [5.41, 5.74) is 0.817. The average molecular weight is 1430 g/mol. The quantitative estimate of drug-likeness (QED) is 0.0170. The topological polar surface area (TPSA) is 507 Å². The molecule has 5 saturated heterocycles. The molecule has 0 unspecified atom stereocenters. The minimum Gasteiger partial charge on any atom is -0.508 e. The summed E-state index contributed by atoms with van der Waals surface area (Å²) in [5, 5.41) is 153. The molecule has 101 heavy (non-hydrogen) atoms. The van der Waals surface area contributed by atoms with Gasteiger partial charge in [0.25, 0.3) is 0 Å². The van der Waals surface area contributed by atoms with E-state index in [-0.39, 0.29) is 34.1 Å². The van der Waals surface area contributed by atoms with Crippen LogP contribution in [0.25, 0.3) is 18.2 Å². The molecule has 4 aromatic rings. The lowest BCUT2D eigenvalue weighted by molar-refractivity contribution is -0.421. The highest BCUT2D eigenvalue weighted by atomic mass is 16.8. The van der Waals surface area contributed by atoms with Crippen LogP contribution in [0.4, 0.5) is 0 Å². The van der Waals surface area contributed by atoms with Gasteiger partial charge in [-0.15, -0.1) is 0 Å². The SMILES string of the molecule is COc1cc(C=CC(=O)O[C@H]2[C@H](O[C@@H]3O[C@H](COC(=O)C=Cc4ccc(O)cc4)[C@@H](O)[C@H](O)[C@H]3O)[C@@H](O[C@@H]3O[C@H](CO)[C@@H](O)[C@H](O)[C@H]3O)[C@@H](O[C@]3(COC(=O)C=Cc4ccc(O)cc4)O[C@H](CO)[C@@H](O)[C@@H]3OC(=O)c3ccccc3)O[C@@H]2COC(C)=O)ccc1O[C@H]1O[C@@H](C)[C@H](O)[C@@H](O)[C@H]1O. The van der Waals surface area contributed by atoms with Crippen molar-refractivity contribution in [3.05, 3.63) is 138 Å². The number of methoxy groups -OCH3 is 1. The molecule has 34 heteroatoms. The lowest BCUT2D eigenvalue weighted by Gasteiger charge is -2.50. The van der Waals surface area contributed by atoms with Gasteiger partial charge in [-0.05, 0) is 90.4 Å². The zero-order valence-corrected chi connectivity index (χ0v) is 53.9. The van der Waals surface area contributed by atoms with Crippen LogP contribution < -0.4 is 9.47 Å². The van der Waals surface area contributed by atoms with Gasteiger partial charge < -0.3 is 143 Å². The number of hydrogen-bond donors (Lipinski definition) is 14. The number of carbonyl (C=O) groups is 5. The molecule has 0 aliphatic carbocycles. The Labute approximate surface area is 574 Å². The lowest BCUT2D eigenvalue weighted by Crippen LogP contribution is -2.69. The summed E-state index contributed by atoms with van der Waals surface area (Å²) < 4.78 is 89.5. The summed E-state index contributed by atoms with van der Waals surface area (Å²) in [7, 11) is 1.24. The number of aliphatic hydroxyl groups is 12. The highest BCUT2D eigenvalue weighted by Gasteiger charge is 2.64. The standard InChI is InChI=1S/C67H78O34/c1-31-48(76)52(80)55(83)63(91-31)92-39-21-13-35(25-40(39)87-3)16-24-47(75)96-58-44(29-88-32(2)70)95-66(101-67(30-90-46(74)23-15-34-11-19-38(72)20-12-34)61(51(79)42(27-69)100-67)99-62(86)36-7-5-4-6-8-36)60(98-64-56(84)53(81)49(77)41(26-68)93-64)59(58)97-65-57(85)54(82)50(78)43(94-65)28-89-45(73)22-14-33-9-17-37(71)18-10-33/h4-25,31,41-44,48-61,63-66,68-69,71-72,76-85H,26-30H2,1-3H3/t31-,41+,42+,43+,44+,48-,49+,50+,51+,52+,53-,54-,55+,56+,57+,58+,59-,60+,61-,63+,64-,65-,66+,67-/m0/s1. The van der Waals surface area contributed by atoms with Gasteiger partial charge in [0.05, 0.1) is 32.0 Å². The molecule has 14 N–H and O–H groups in total. The summed E-state index contributed by atoms with van der Waals surface area (Å²) in [4.78, 5) is 68.6. The fourth-order valence-electron chi connectivity index (χ4n) is 11.1. The van der Waals surface area contributed by atoms with Crippen LogP contribution in [0.3, 0.4) is 0 Å².